The number of likely N-dealkylation sites (N-methyl/N-ethyl adjacent to an activating group) is 2. The maximum atomic E-state index is 4.09. The fraction of sp³-hybridized carbons (Fsp3) is 0.688. The fourth-order valence-corrected chi connectivity index (χ4v) is 3.56. The van der Waals surface area contributed by atoms with E-state index in [-0.39, 0.29) is 0 Å². The molecule has 0 saturated heterocycles. The van der Waals surface area contributed by atoms with Crippen molar-refractivity contribution in [1.29, 1.82) is 0 Å². The van der Waals surface area contributed by atoms with Crippen LogP contribution < -0.4 is 5.32 Å². The summed E-state index contributed by atoms with van der Waals surface area (Å²) in [5.41, 5.74) is 1.72. The second-order valence-corrected chi connectivity index (χ2v) is 6.49. The summed E-state index contributed by atoms with van der Waals surface area (Å²) in [5, 5.41) is 3.56. The van der Waals surface area contributed by atoms with E-state index in [9.17, 15) is 0 Å². The number of hydrogen-bond donors (Lipinski definition) is 1. The third kappa shape index (κ3) is 3.34. The third-order valence-corrected chi connectivity index (χ3v) is 4.61. The molecule has 0 spiro atoms. The van der Waals surface area contributed by atoms with Gasteiger partial charge in [-0.15, -0.1) is 0 Å². The highest BCUT2D eigenvalue weighted by molar-refractivity contribution is 5.10. The first-order valence-electron chi connectivity index (χ1n) is 7.31. The zero-order valence-corrected chi connectivity index (χ0v) is 12.7. The molecule has 2 atom stereocenters. The molecule has 19 heavy (non-hydrogen) atoms. The summed E-state index contributed by atoms with van der Waals surface area (Å²) in [7, 11) is 4.35. The monoisotopic (exact) mass is 261 g/mol. The van der Waals surface area contributed by atoms with E-state index >= 15 is 0 Å². The SMILES string of the molecule is CNC1C(N(C)Cc2ccncc2)CCCC1(C)C. The average molecular weight is 261 g/mol. The fourth-order valence-electron chi connectivity index (χ4n) is 3.56. The van der Waals surface area contributed by atoms with Crippen molar-refractivity contribution in [2.45, 2.75) is 51.7 Å². The highest BCUT2D eigenvalue weighted by Gasteiger charge is 2.39. The predicted molar refractivity (Wildman–Crippen MR) is 80.0 cm³/mol. The normalized spacial score (nSPS) is 26.6. The molecule has 0 amide bonds. The third-order valence-electron chi connectivity index (χ3n) is 4.61. The quantitative estimate of drug-likeness (QED) is 0.903. The highest BCUT2D eigenvalue weighted by Crippen LogP contribution is 2.37. The summed E-state index contributed by atoms with van der Waals surface area (Å²) < 4.78 is 0. The Hall–Kier alpha value is -0.930. The Labute approximate surface area is 117 Å². The van der Waals surface area contributed by atoms with E-state index in [1.165, 1.54) is 24.8 Å². The molecule has 3 nitrogen and oxygen atoms in total. The first-order valence-corrected chi connectivity index (χ1v) is 7.31. The van der Waals surface area contributed by atoms with Crippen LogP contribution in [0.1, 0.15) is 38.7 Å². The Balaban J connectivity index is 2.07. The molecule has 1 aromatic rings. The Morgan fingerprint density at radius 2 is 2.05 bits per heavy atom. The van der Waals surface area contributed by atoms with Gasteiger partial charge in [-0.2, -0.15) is 0 Å². The molecule has 0 bridgehead atoms. The van der Waals surface area contributed by atoms with Crippen LogP contribution in [-0.2, 0) is 6.54 Å². The van der Waals surface area contributed by atoms with Crippen molar-refractivity contribution in [1.82, 2.24) is 15.2 Å². The largest absolute Gasteiger partial charge is 0.315 e. The van der Waals surface area contributed by atoms with E-state index < -0.39 is 0 Å². The minimum atomic E-state index is 0.379. The molecule has 2 rings (SSSR count). The van der Waals surface area contributed by atoms with Gasteiger partial charge in [-0.1, -0.05) is 20.3 Å². The molecule has 106 valence electrons. The molecule has 1 saturated carbocycles. The first-order chi connectivity index (χ1) is 9.04. The summed E-state index contributed by atoms with van der Waals surface area (Å²) in [6, 6.07) is 5.40. The predicted octanol–water partition coefficient (Wildman–Crippen LogP) is 2.68. The first kappa shape index (κ1) is 14.5. The molecule has 1 aromatic heterocycles. The molecule has 1 heterocycles. The molecule has 3 heteroatoms. The van der Waals surface area contributed by atoms with Crippen LogP contribution in [0.2, 0.25) is 0 Å². The maximum Gasteiger partial charge on any atom is 0.0271 e. The minimum absolute atomic E-state index is 0.379. The van der Waals surface area contributed by atoms with Gasteiger partial charge >= 0.3 is 0 Å². The van der Waals surface area contributed by atoms with Gasteiger partial charge < -0.3 is 5.32 Å². The molecule has 2 unspecified atom stereocenters. The van der Waals surface area contributed by atoms with E-state index in [0.717, 1.165) is 6.54 Å². The molecule has 0 aromatic carbocycles. The van der Waals surface area contributed by atoms with E-state index in [1.54, 1.807) is 0 Å². The van der Waals surface area contributed by atoms with Gasteiger partial charge in [0.05, 0.1) is 0 Å². The van der Waals surface area contributed by atoms with Crippen molar-refractivity contribution >= 4 is 0 Å². The molecule has 0 aliphatic heterocycles. The van der Waals surface area contributed by atoms with Crippen LogP contribution in [0, 0.1) is 5.41 Å². The van der Waals surface area contributed by atoms with Crippen LogP contribution >= 0.6 is 0 Å². The van der Waals surface area contributed by atoms with Gasteiger partial charge in [0.25, 0.3) is 0 Å². The molecular formula is C16H27N3. The lowest BCUT2D eigenvalue weighted by molar-refractivity contribution is 0.0632. The zero-order chi connectivity index (χ0) is 13.9. The van der Waals surface area contributed by atoms with E-state index in [4.69, 9.17) is 0 Å². The summed E-state index contributed by atoms with van der Waals surface area (Å²) in [5.74, 6) is 0. The molecule has 1 fully saturated rings. The van der Waals surface area contributed by atoms with Crippen molar-refractivity contribution in [2.24, 2.45) is 5.41 Å². The smallest absolute Gasteiger partial charge is 0.0271 e. The van der Waals surface area contributed by atoms with E-state index in [1.807, 2.05) is 12.4 Å². The van der Waals surface area contributed by atoms with E-state index in [0.29, 0.717) is 17.5 Å². The molecule has 1 N–H and O–H groups in total. The Kier molecular flexibility index (Phi) is 4.58. The summed E-state index contributed by atoms with van der Waals surface area (Å²) in [6.07, 6.45) is 7.69. The number of hydrogen-bond acceptors (Lipinski definition) is 3. The number of rotatable bonds is 4. The van der Waals surface area contributed by atoms with Gasteiger partial charge in [0.1, 0.15) is 0 Å². The Bertz CT molecular complexity index is 388. The van der Waals surface area contributed by atoms with Crippen LogP contribution in [-0.4, -0.2) is 36.1 Å². The topological polar surface area (TPSA) is 28.2 Å². The van der Waals surface area contributed by atoms with Crippen LogP contribution in [0.3, 0.4) is 0 Å². The lowest BCUT2D eigenvalue weighted by atomic mass is 9.70. The van der Waals surface area contributed by atoms with Gasteiger partial charge in [0.2, 0.25) is 0 Å². The Morgan fingerprint density at radius 1 is 1.37 bits per heavy atom. The van der Waals surface area contributed by atoms with Crippen molar-refractivity contribution in [2.75, 3.05) is 14.1 Å². The van der Waals surface area contributed by atoms with Crippen LogP contribution in [0.15, 0.2) is 24.5 Å². The lowest BCUT2D eigenvalue weighted by Crippen LogP contribution is -2.56. The zero-order valence-electron chi connectivity index (χ0n) is 12.7. The molecule has 1 aliphatic rings. The summed E-state index contributed by atoms with van der Waals surface area (Å²) in [4.78, 5) is 6.59. The van der Waals surface area contributed by atoms with Crippen molar-refractivity contribution in [3.8, 4) is 0 Å². The van der Waals surface area contributed by atoms with E-state index in [2.05, 4.69) is 55.3 Å². The van der Waals surface area contributed by atoms with Crippen LogP contribution in [0.25, 0.3) is 0 Å². The van der Waals surface area contributed by atoms with Crippen molar-refractivity contribution in [3.63, 3.8) is 0 Å². The number of nitrogens with one attached hydrogen (secondary N) is 1. The lowest BCUT2D eigenvalue weighted by Gasteiger charge is -2.47. The second-order valence-electron chi connectivity index (χ2n) is 6.49. The number of pyridine rings is 1. The number of nitrogens with zero attached hydrogens (tertiary/aromatic N) is 2. The molecule has 1 aliphatic carbocycles. The number of aromatic nitrogens is 1. The highest BCUT2D eigenvalue weighted by atomic mass is 15.2. The molecular weight excluding hydrogens is 234 g/mol. The van der Waals surface area contributed by atoms with Crippen molar-refractivity contribution in [3.05, 3.63) is 30.1 Å². The van der Waals surface area contributed by atoms with Gasteiger partial charge in [0, 0.05) is 31.0 Å². The standard InChI is InChI=1S/C16H27N3/c1-16(2)9-5-6-14(15(16)17-3)19(4)12-13-7-10-18-11-8-13/h7-8,10-11,14-15,17H,5-6,9,12H2,1-4H3. The van der Waals surface area contributed by atoms with Crippen molar-refractivity contribution < 1.29 is 0 Å². The van der Waals surface area contributed by atoms with Gasteiger partial charge in [-0.05, 0) is 50.0 Å². The van der Waals surface area contributed by atoms with Gasteiger partial charge in [-0.3, -0.25) is 9.88 Å². The average Bonchev–Trinajstić information content (AvgIpc) is 2.38. The maximum absolute atomic E-state index is 4.09. The van der Waals surface area contributed by atoms with Gasteiger partial charge in [-0.25, -0.2) is 0 Å². The summed E-state index contributed by atoms with van der Waals surface area (Å²) in [6.45, 7) is 5.78. The van der Waals surface area contributed by atoms with Gasteiger partial charge in [0.15, 0.2) is 0 Å². The summed E-state index contributed by atoms with van der Waals surface area (Å²) >= 11 is 0. The Morgan fingerprint density at radius 3 is 2.68 bits per heavy atom. The molecule has 0 radical (unpaired) electrons. The van der Waals surface area contributed by atoms with Crippen LogP contribution in [0.4, 0.5) is 0 Å². The minimum Gasteiger partial charge on any atom is -0.315 e. The van der Waals surface area contributed by atoms with Crippen LogP contribution in [0.5, 0.6) is 0 Å². The second kappa shape index (κ2) is 6.02.